The second-order valence-corrected chi connectivity index (χ2v) is 28.2. The number of aliphatic hydroxyl groups excluding tert-OH is 1. The van der Waals surface area contributed by atoms with Crippen molar-refractivity contribution in [2.75, 3.05) is 0 Å². The normalized spacial score (nSPS) is 9.74. The number of halogens is 4. The van der Waals surface area contributed by atoms with Gasteiger partial charge in [-0.2, -0.15) is 0 Å². The first-order valence-corrected chi connectivity index (χ1v) is 19.1. The molecule has 0 bridgehead atoms. The van der Waals surface area contributed by atoms with Crippen LogP contribution in [0.4, 0.5) is 0 Å². The maximum atomic E-state index is 9.80. The molecule has 19 heavy (non-hydrogen) atoms. The summed E-state index contributed by atoms with van der Waals surface area (Å²) in [7, 11) is 20.1. The van der Waals surface area contributed by atoms with Crippen LogP contribution >= 0.6 is 35.7 Å². The summed E-state index contributed by atoms with van der Waals surface area (Å²) in [5.74, 6) is 0. The van der Waals surface area contributed by atoms with Gasteiger partial charge in [-0.15, -0.1) is 0 Å². The van der Waals surface area contributed by atoms with Crippen molar-refractivity contribution in [3.8, 4) is 0 Å². The third kappa shape index (κ3) is 14.2. The van der Waals surface area contributed by atoms with Crippen LogP contribution in [0.5, 0.6) is 0 Å². The molecule has 106 valence electrons. The average Bonchev–Trinajstić information content (AvgIpc) is 3.01. The molecule has 2 rings (SSSR count). The molecular weight excluding hydrogens is 445 g/mol. The van der Waals surface area contributed by atoms with Crippen LogP contribution in [0.25, 0.3) is 0 Å². The van der Waals surface area contributed by atoms with Crippen molar-refractivity contribution < 1.29 is 9.90 Å². The van der Waals surface area contributed by atoms with Gasteiger partial charge in [0.25, 0.3) is 0 Å². The van der Waals surface area contributed by atoms with Gasteiger partial charge in [0.15, 0.2) is 6.29 Å². The molecule has 0 aliphatic carbocycles. The van der Waals surface area contributed by atoms with Gasteiger partial charge in [-0.3, -0.25) is 4.79 Å². The fraction of sp³-hybridized carbons (Fsp3) is 0.125. The molecule has 0 fully saturated rings. The van der Waals surface area contributed by atoms with E-state index in [0.29, 0.717) is 12.0 Å². The average molecular weight is 455 g/mol. The van der Waals surface area contributed by atoms with Gasteiger partial charge in [0, 0.05) is 0 Å². The molecule has 0 saturated heterocycles. The molecule has 0 unspecified atom stereocenters. The molecule has 0 saturated carbocycles. The summed E-state index contributed by atoms with van der Waals surface area (Å²) in [6, 6.07) is 0. The summed E-state index contributed by atoms with van der Waals surface area (Å²) in [4.78, 5) is 22.4. The Morgan fingerprint density at radius 3 is 1.89 bits per heavy atom. The fourth-order valence-corrected chi connectivity index (χ4v) is 0.702. The standard InChI is InChI=1S/C4H6N2O.C4H4N2O.4ClH.Sn/c2*7-2-4-1-5-3-6-4;;;;;/h1,3,7H,2H2,(H,5,6);1-3H,(H,5,6);4*1H;/q;;;;;;+4/p-4. The Hall–Kier alpha value is 0.00870. The van der Waals surface area contributed by atoms with Crippen molar-refractivity contribution in [3.63, 3.8) is 0 Å². The van der Waals surface area contributed by atoms with E-state index in [1.807, 2.05) is 0 Å². The third-order valence-corrected chi connectivity index (χ3v) is 1.37. The van der Waals surface area contributed by atoms with E-state index in [1.165, 1.54) is 18.9 Å². The summed E-state index contributed by atoms with van der Waals surface area (Å²) < 4.78 is 0. The van der Waals surface area contributed by atoms with Gasteiger partial charge < -0.3 is 15.1 Å². The zero-order valence-electron chi connectivity index (χ0n) is 9.36. The molecule has 2 aromatic rings. The van der Waals surface area contributed by atoms with Gasteiger partial charge in [-0.05, 0) is 0 Å². The van der Waals surface area contributed by atoms with E-state index < -0.39 is 13.9 Å². The predicted octanol–water partition coefficient (Wildman–Crippen LogP) is 2.50. The molecule has 0 aliphatic heterocycles. The first-order chi connectivity index (χ1) is 8.86. The monoisotopic (exact) mass is 454 g/mol. The van der Waals surface area contributed by atoms with E-state index in [9.17, 15) is 4.79 Å². The van der Waals surface area contributed by atoms with Gasteiger partial charge in [0.05, 0.1) is 43.0 Å². The van der Waals surface area contributed by atoms with Crippen LogP contribution in [0, 0.1) is 0 Å². The van der Waals surface area contributed by atoms with Gasteiger partial charge in [0.1, 0.15) is 0 Å². The van der Waals surface area contributed by atoms with E-state index in [1.54, 1.807) is 6.20 Å². The Morgan fingerprint density at radius 2 is 1.68 bits per heavy atom. The molecule has 2 heterocycles. The number of aldehydes is 1. The van der Waals surface area contributed by atoms with Crippen molar-refractivity contribution in [2.24, 2.45) is 0 Å². The number of hydrogen-bond donors (Lipinski definition) is 3. The summed E-state index contributed by atoms with van der Waals surface area (Å²) in [6.45, 7) is 0.0417. The summed E-state index contributed by atoms with van der Waals surface area (Å²) in [5, 5.41) is 8.36. The van der Waals surface area contributed by atoms with Gasteiger partial charge in [-0.1, -0.05) is 0 Å². The molecule has 2 aromatic heterocycles. The molecule has 11 heteroatoms. The first kappa shape index (κ1) is 19.0. The van der Waals surface area contributed by atoms with Crippen LogP contribution in [-0.2, 0) is 6.61 Å². The molecular formula is C8H10Cl4N4O2Sn. The number of aliphatic hydroxyl groups is 1. The molecule has 0 aromatic carbocycles. The van der Waals surface area contributed by atoms with E-state index in [4.69, 9.17) is 40.8 Å². The molecule has 3 N–H and O–H groups in total. The Bertz CT molecular complexity index is 426. The number of aromatic amines is 2. The molecule has 6 nitrogen and oxygen atoms in total. The Kier molecular flexibility index (Phi) is 10.8. The summed E-state index contributed by atoms with van der Waals surface area (Å²) in [5.41, 5.74) is 1.26. The minimum absolute atomic E-state index is 0.0417. The zero-order valence-corrected chi connectivity index (χ0v) is 15.2. The quantitative estimate of drug-likeness (QED) is 0.480. The van der Waals surface area contributed by atoms with Crippen molar-refractivity contribution in [3.05, 3.63) is 36.4 Å². The van der Waals surface area contributed by atoms with Crippen molar-refractivity contribution in [1.29, 1.82) is 0 Å². The predicted molar refractivity (Wildman–Crippen MR) is 77.7 cm³/mol. The van der Waals surface area contributed by atoms with E-state index >= 15 is 0 Å². The number of hydrogen-bond acceptors (Lipinski definition) is 4. The van der Waals surface area contributed by atoms with E-state index in [0.717, 1.165) is 5.69 Å². The summed E-state index contributed by atoms with van der Waals surface area (Å²) >= 11 is -3.29. The number of nitrogens with zero attached hydrogens (tertiary/aromatic N) is 2. The Balaban J connectivity index is 0.000000261. The second kappa shape index (κ2) is 10.8. The molecule has 0 spiro atoms. The van der Waals surface area contributed by atoms with Gasteiger partial charge >= 0.3 is 49.6 Å². The Morgan fingerprint density at radius 1 is 1.16 bits per heavy atom. The minimum atomic E-state index is -3.29. The molecule has 0 amide bonds. The maximum absolute atomic E-state index is 9.80. The number of aromatic nitrogens is 4. The second-order valence-electron chi connectivity index (χ2n) is 2.79. The SMILES string of the molecule is O=Cc1cnc[nH]1.OCc1cnc[nH]1.[Cl][Sn]([Cl])([Cl])[Cl]. The van der Waals surface area contributed by atoms with Crippen molar-refractivity contribution in [1.82, 2.24) is 19.9 Å². The topological polar surface area (TPSA) is 94.7 Å². The van der Waals surface area contributed by atoms with Crippen LogP contribution < -0.4 is 0 Å². The number of imidazole rings is 2. The Labute approximate surface area is 128 Å². The number of carbonyl (C=O) groups excluding carboxylic acids is 1. The number of carbonyl (C=O) groups is 1. The van der Waals surface area contributed by atoms with Crippen LogP contribution in [0.3, 0.4) is 0 Å². The molecule has 0 atom stereocenters. The van der Waals surface area contributed by atoms with Crippen LogP contribution in [0.2, 0.25) is 0 Å². The molecule has 0 aliphatic rings. The number of rotatable bonds is 2. The third-order valence-electron chi connectivity index (χ3n) is 1.37. The fourth-order valence-electron chi connectivity index (χ4n) is 0.702. The zero-order chi connectivity index (χ0) is 14.7. The van der Waals surface area contributed by atoms with E-state index in [-0.39, 0.29) is 6.61 Å². The van der Waals surface area contributed by atoms with Gasteiger partial charge in [0.2, 0.25) is 0 Å². The van der Waals surface area contributed by atoms with Crippen LogP contribution in [-0.4, -0.2) is 45.2 Å². The first-order valence-electron chi connectivity index (χ1n) is 4.64. The number of nitrogens with one attached hydrogen (secondary N) is 2. The van der Waals surface area contributed by atoms with Gasteiger partial charge in [-0.25, -0.2) is 9.97 Å². The van der Waals surface area contributed by atoms with Crippen LogP contribution in [0.15, 0.2) is 25.0 Å². The van der Waals surface area contributed by atoms with Crippen LogP contribution in [0.1, 0.15) is 16.2 Å². The van der Waals surface area contributed by atoms with E-state index in [2.05, 4.69) is 19.9 Å². The van der Waals surface area contributed by atoms with Crippen molar-refractivity contribution >= 4 is 55.8 Å². The summed E-state index contributed by atoms with van der Waals surface area (Å²) in [6.07, 6.45) is 6.76. The number of H-pyrrole nitrogens is 2. The van der Waals surface area contributed by atoms with Crippen molar-refractivity contribution in [2.45, 2.75) is 6.61 Å². The molecule has 0 radical (unpaired) electrons.